The normalized spacial score (nSPS) is 14.1. The molecule has 0 fully saturated rings. The van der Waals surface area contributed by atoms with E-state index < -0.39 is 6.10 Å². The SMILES string of the molecule is NCC(c1ccc(Cl)c(Cl)c1)C(O)c1cccc(Cl)c1. The zero-order valence-corrected chi connectivity index (χ0v) is 12.8. The Morgan fingerprint density at radius 2 is 1.70 bits per heavy atom. The Bertz CT molecular complexity index is 603. The lowest BCUT2D eigenvalue weighted by atomic mass is 9.89. The van der Waals surface area contributed by atoms with Crippen molar-refractivity contribution < 1.29 is 5.11 Å². The summed E-state index contributed by atoms with van der Waals surface area (Å²) >= 11 is 17.9. The lowest BCUT2D eigenvalue weighted by Crippen LogP contribution is -2.20. The molecular weight excluding hydrogens is 317 g/mol. The van der Waals surface area contributed by atoms with Gasteiger partial charge in [0.25, 0.3) is 0 Å². The standard InChI is InChI=1S/C15H14Cl3NO/c16-11-3-1-2-10(6-11)15(20)12(8-19)9-4-5-13(17)14(18)7-9/h1-7,12,15,20H,8,19H2. The number of hydrogen-bond donors (Lipinski definition) is 2. The van der Waals surface area contributed by atoms with Crippen LogP contribution >= 0.6 is 34.8 Å². The van der Waals surface area contributed by atoms with Gasteiger partial charge in [-0.2, -0.15) is 0 Å². The quantitative estimate of drug-likeness (QED) is 0.871. The zero-order valence-electron chi connectivity index (χ0n) is 10.6. The summed E-state index contributed by atoms with van der Waals surface area (Å²) in [6, 6.07) is 12.3. The highest BCUT2D eigenvalue weighted by molar-refractivity contribution is 6.42. The van der Waals surface area contributed by atoms with Gasteiger partial charge in [-0.1, -0.05) is 53.0 Å². The van der Waals surface area contributed by atoms with Crippen molar-refractivity contribution in [3.8, 4) is 0 Å². The van der Waals surface area contributed by atoms with Gasteiger partial charge in [-0.05, 0) is 35.4 Å². The summed E-state index contributed by atoms with van der Waals surface area (Å²) in [6.07, 6.45) is -0.754. The maximum Gasteiger partial charge on any atom is 0.0871 e. The zero-order chi connectivity index (χ0) is 14.7. The van der Waals surface area contributed by atoms with Crippen molar-refractivity contribution in [2.24, 2.45) is 5.73 Å². The maximum atomic E-state index is 10.5. The Morgan fingerprint density at radius 3 is 2.30 bits per heavy atom. The van der Waals surface area contributed by atoms with E-state index in [0.29, 0.717) is 15.1 Å². The molecule has 20 heavy (non-hydrogen) atoms. The molecule has 0 aliphatic carbocycles. The van der Waals surface area contributed by atoms with Gasteiger partial charge < -0.3 is 10.8 Å². The molecule has 3 N–H and O–H groups in total. The van der Waals surface area contributed by atoms with Gasteiger partial charge in [-0.3, -0.25) is 0 Å². The second-order valence-corrected chi connectivity index (χ2v) is 5.77. The number of aliphatic hydroxyl groups is 1. The van der Waals surface area contributed by atoms with Crippen molar-refractivity contribution >= 4 is 34.8 Å². The first-order valence-corrected chi connectivity index (χ1v) is 7.25. The second-order valence-electron chi connectivity index (χ2n) is 4.52. The molecule has 0 spiro atoms. The molecule has 2 rings (SSSR count). The van der Waals surface area contributed by atoms with Gasteiger partial charge in [0, 0.05) is 17.5 Å². The van der Waals surface area contributed by atoms with E-state index in [1.807, 2.05) is 12.1 Å². The van der Waals surface area contributed by atoms with Crippen LogP contribution in [0.5, 0.6) is 0 Å². The maximum absolute atomic E-state index is 10.5. The summed E-state index contributed by atoms with van der Waals surface area (Å²) in [4.78, 5) is 0. The van der Waals surface area contributed by atoms with E-state index in [2.05, 4.69) is 0 Å². The van der Waals surface area contributed by atoms with Gasteiger partial charge in [0.1, 0.15) is 0 Å². The smallest absolute Gasteiger partial charge is 0.0871 e. The minimum Gasteiger partial charge on any atom is -0.388 e. The lowest BCUT2D eigenvalue weighted by molar-refractivity contribution is 0.147. The minimum absolute atomic E-state index is 0.275. The molecule has 106 valence electrons. The summed E-state index contributed by atoms with van der Waals surface area (Å²) in [5, 5.41) is 12.0. The van der Waals surface area contributed by atoms with Crippen molar-refractivity contribution in [3.63, 3.8) is 0 Å². The second kappa shape index (κ2) is 6.79. The van der Waals surface area contributed by atoms with Crippen LogP contribution in [0.4, 0.5) is 0 Å². The number of halogens is 3. The molecule has 2 unspecified atom stereocenters. The van der Waals surface area contributed by atoms with E-state index in [4.69, 9.17) is 40.5 Å². The van der Waals surface area contributed by atoms with Gasteiger partial charge in [0.05, 0.1) is 16.1 Å². The molecule has 0 aromatic heterocycles. The van der Waals surface area contributed by atoms with E-state index in [1.54, 1.807) is 30.3 Å². The molecule has 2 nitrogen and oxygen atoms in total. The topological polar surface area (TPSA) is 46.2 Å². The van der Waals surface area contributed by atoms with E-state index in [1.165, 1.54) is 0 Å². The Balaban J connectivity index is 2.33. The molecule has 0 saturated carbocycles. The molecule has 5 heteroatoms. The highest BCUT2D eigenvalue weighted by atomic mass is 35.5. The predicted molar refractivity (Wildman–Crippen MR) is 84.7 cm³/mol. The first-order chi connectivity index (χ1) is 9.52. The Kier molecular flexibility index (Phi) is 5.30. The molecule has 0 aliphatic rings. The van der Waals surface area contributed by atoms with E-state index >= 15 is 0 Å². The summed E-state index contributed by atoms with van der Waals surface area (Å²) in [6.45, 7) is 0.283. The fourth-order valence-corrected chi connectivity index (χ4v) is 2.62. The highest BCUT2D eigenvalue weighted by Gasteiger charge is 2.22. The largest absolute Gasteiger partial charge is 0.388 e. The van der Waals surface area contributed by atoms with Crippen LogP contribution in [-0.2, 0) is 0 Å². The van der Waals surface area contributed by atoms with Gasteiger partial charge in [0.2, 0.25) is 0 Å². The lowest BCUT2D eigenvalue weighted by Gasteiger charge is -2.23. The molecular formula is C15H14Cl3NO. The van der Waals surface area contributed by atoms with Crippen molar-refractivity contribution in [1.29, 1.82) is 0 Å². The molecule has 0 saturated heterocycles. The molecule has 0 bridgehead atoms. The van der Waals surface area contributed by atoms with Crippen LogP contribution in [0.1, 0.15) is 23.1 Å². The van der Waals surface area contributed by atoms with Gasteiger partial charge in [0.15, 0.2) is 0 Å². The van der Waals surface area contributed by atoms with E-state index in [0.717, 1.165) is 11.1 Å². The van der Waals surface area contributed by atoms with Gasteiger partial charge in [-0.15, -0.1) is 0 Å². The molecule has 0 amide bonds. The van der Waals surface area contributed by atoms with Gasteiger partial charge in [-0.25, -0.2) is 0 Å². The van der Waals surface area contributed by atoms with Crippen molar-refractivity contribution in [1.82, 2.24) is 0 Å². The number of benzene rings is 2. The Morgan fingerprint density at radius 1 is 0.950 bits per heavy atom. The highest BCUT2D eigenvalue weighted by Crippen LogP contribution is 2.34. The minimum atomic E-state index is -0.754. The number of nitrogens with two attached hydrogens (primary N) is 1. The van der Waals surface area contributed by atoms with Crippen molar-refractivity contribution in [3.05, 3.63) is 68.7 Å². The summed E-state index contributed by atoms with van der Waals surface area (Å²) < 4.78 is 0. The summed E-state index contributed by atoms with van der Waals surface area (Å²) in [5.74, 6) is -0.275. The van der Waals surface area contributed by atoms with Crippen molar-refractivity contribution in [2.75, 3.05) is 6.54 Å². The van der Waals surface area contributed by atoms with Crippen LogP contribution in [0.25, 0.3) is 0 Å². The van der Waals surface area contributed by atoms with Crippen molar-refractivity contribution in [2.45, 2.75) is 12.0 Å². The number of hydrogen-bond acceptors (Lipinski definition) is 2. The molecule has 2 aromatic carbocycles. The van der Waals surface area contributed by atoms with Crippen LogP contribution < -0.4 is 5.73 Å². The van der Waals surface area contributed by atoms with E-state index in [-0.39, 0.29) is 12.5 Å². The van der Waals surface area contributed by atoms with Crippen LogP contribution in [0.2, 0.25) is 15.1 Å². The molecule has 0 radical (unpaired) electrons. The third-order valence-corrected chi connectivity index (χ3v) is 4.17. The predicted octanol–water partition coefficient (Wildman–Crippen LogP) is 4.42. The average molecular weight is 331 g/mol. The monoisotopic (exact) mass is 329 g/mol. The molecule has 2 aromatic rings. The summed E-state index contributed by atoms with van der Waals surface area (Å²) in [5.41, 5.74) is 7.36. The third-order valence-electron chi connectivity index (χ3n) is 3.20. The number of rotatable bonds is 4. The number of aliphatic hydroxyl groups excluding tert-OH is 1. The Labute approximate surface area is 133 Å². The van der Waals surface area contributed by atoms with Crippen LogP contribution in [0.3, 0.4) is 0 Å². The molecule has 0 heterocycles. The first-order valence-electron chi connectivity index (χ1n) is 6.11. The van der Waals surface area contributed by atoms with E-state index in [9.17, 15) is 5.11 Å². The average Bonchev–Trinajstić information content (AvgIpc) is 2.43. The first kappa shape index (κ1) is 15.6. The summed E-state index contributed by atoms with van der Waals surface area (Å²) in [7, 11) is 0. The van der Waals surface area contributed by atoms with Crippen LogP contribution in [0.15, 0.2) is 42.5 Å². The van der Waals surface area contributed by atoms with Crippen LogP contribution in [0, 0.1) is 0 Å². The Hall–Kier alpha value is -0.770. The third kappa shape index (κ3) is 3.46. The van der Waals surface area contributed by atoms with Gasteiger partial charge >= 0.3 is 0 Å². The fourth-order valence-electron chi connectivity index (χ4n) is 2.11. The van der Waals surface area contributed by atoms with Crippen LogP contribution in [-0.4, -0.2) is 11.7 Å². The fraction of sp³-hybridized carbons (Fsp3) is 0.200. The molecule has 2 atom stereocenters. The molecule has 0 aliphatic heterocycles.